The van der Waals surface area contributed by atoms with E-state index in [1.807, 2.05) is 0 Å². The molecular weight excluding hydrogens is 348 g/mol. The first-order valence-corrected chi connectivity index (χ1v) is 8.71. The van der Waals surface area contributed by atoms with Gasteiger partial charge in [0.1, 0.15) is 0 Å². The molecule has 0 bridgehead atoms. The monoisotopic (exact) mass is 360 g/mol. The Morgan fingerprint density at radius 2 is 1.91 bits per heavy atom. The summed E-state index contributed by atoms with van der Waals surface area (Å²) in [5, 5.41) is 4.53. The SMILES string of the molecule is C[N+](C)(c1ccsc1C(=O)Nc1ccccc1Cl)S(=O)(=O)[O-]. The minimum Gasteiger partial charge on any atom is -0.701 e. The van der Waals surface area contributed by atoms with Crippen molar-refractivity contribution in [2.45, 2.75) is 0 Å². The van der Waals surface area contributed by atoms with Gasteiger partial charge in [0, 0.05) is 6.07 Å². The molecule has 0 saturated carbocycles. The summed E-state index contributed by atoms with van der Waals surface area (Å²) in [7, 11) is -2.24. The number of carbonyl (C=O) groups excluding carboxylic acids is 1. The maximum atomic E-state index is 12.4. The van der Waals surface area contributed by atoms with Crippen molar-refractivity contribution >= 4 is 50.5 Å². The van der Waals surface area contributed by atoms with Crippen molar-refractivity contribution in [3.63, 3.8) is 0 Å². The number of para-hydroxylation sites is 1. The van der Waals surface area contributed by atoms with Crippen molar-refractivity contribution in [1.29, 1.82) is 0 Å². The van der Waals surface area contributed by atoms with E-state index in [1.54, 1.807) is 29.6 Å². The number of carbonyl (C=O) groups is 1. The average molecular weight is 361 g/mol. The van der Waals surface area contributed by atoms with Crippen molar-refractivity contribution in [1.82, 2.24) is 3.89 Å². The predicted molar refractivity (Wildman–Crippen MR) is 87.1 cm³/mol. The number of nitrogens with zero attached hydrogens (tertiary/aromatic N) is 1. The second-order valence-electron chi connectivity index (χ2n) is 4.85. The Labute approximate surface area is 137 Å². The third-order valence-corrected chi connectivity index (χ3v) is 5.66. The number of hydrogen-bond acceptors (Lipinski definition) is 5. The van der Waals surface area contributed by atoms with E-state index in [1.165, 1.54) is 20.2 Å². The molecule has 9 heteroatoms. The average Bonchev–Trinajstić information content (AvgIpc) is 2.90. The number of anilines is 1. The molecule has 0 fully saturated rings. The highest BCUT2D eigenvalue weighted by atomic mass is 35.5. The van der Waals surface area contributed by atoms with Gasteiger partial charge in [-0.05, 0) is 17.5 Å². The van der Waals surface area contributed by atoms with Gasteiger partial charge in [-0.2, -0.15) is 12.3 Å². The number of hydrogen-bond donors (Lipinski definition) is 1. The Hall–Kier alpha value is -1.45. The van der Waals surface area contributed by atoms with Gasteiger partial charge in [-0.1, -0.05) is 23.7 Å². The van der Waals surface area contributed by atoms with Crippen LogP contribution in [-0.2, 0) is 10.3 Å². The van der Waals surface area contributed by atoms with Gasteiger partial charge < -0.3 is 9.87 Å². The normalized spacial score (nSPS) is 12.2. The van der Waals surface area contributed by atoms with E-state index in [2.05, 4.69) is 5.32 Å². The van der Waals surface area contributed by atoms with Crippen LogP contribution in [0.3, 0.4) is 0 Å². The zero-order valence-corrected chi connectivity index (χ0v) is 14.1. The van der Waals surface area contributed by atoms with Crippen molar-refractivity contribution < 1.29 is 17.8 Å². The number of thiophene rings is 1. The lowest BCUT2D eigenvalue weighted by Crippen LogP contribution is -2.46. The largest absolute Gasteiger partial charge is 0.701 e. The molecule has 0 spiro atoms. The molecule has 1 amide bonds. The highest BCUT2D eigenvalue weighted by molar-refractivity contribution is 7.85. The standard InChI is InChI=1S/C13H13ClN2O4S2/c1-16(2,22(18,19)20)11-7-8-21-12(11)13(17)15-10-6-4-3-5-9(10)14/h3-8H,1-2H3,(H-,15,17,18,19,20). The fraction of sp³-hybridized carbons (Fsp3) is 0.154. The van der Waals surface area contributed by atoms with E-state index in [0.29, 0.717) is 10.7 Å². The number of nitrogens with one attached hydrogen (secondary N) is 1. The molecule has 1 N–H and O–H groups in total. The van der Waals surface area contributed by atoms with Gasteiger partial charge in [0.05, 0.1) is 24.8 Å². The molecule has 0 unspecified atom stereocenters. The summed E-state index contributed by atoms with van der Waals surface area (Å²) in [4.78, 5) is 12.5. The van der Waals surface area contributed by atoms with Crippen LogP contribution in [0, 0.1) is 0 Å². The molecule has 0 aliphatic rings. The maximum absolute atomic E-state index is 12.4. The molecule has 118 valence electrons. The zero-order valence-electron chi connectivity index (χ0n) is 11.7. The Kier molecular flexibility index (Phi) is 4.59. The van der Waals surface area contributed by atoms with E-state index in [9.17, 15) is 17.8 Å². The number of rotatable bonds is 4. The van der Waals surface area contributed by atoms with Crippen LogP contribution in [0.15, 0.2) is 35.7 Å². The second kappa shape index (κ2) is 5.98. The van der Waals surface area contributed by atoms with Crippen LogP contribution in [0.5, 0.6) is 0 Å². The van der Waals surface area contributed by atoms with Crippen LogP contribution in [0.25, 0.3) is 0 Å². The second-order valence-corrected chi connectivity index (χ2v) is 7.94. The summed E-state index contributed by atoms with van der Waals surface area (Å²) in [5.41, 5.74) is 0.522. The molecule has 0 aliphatic carbocycles. The number of amides is 1. The summed E-state index contributed by atoms with van der Waals surface area (Å²) in [6, 6.07) is 8.12. The van der Waals surface area contributed by atoms with Crippen LogP contribution < -0.4 is 9.21 Å². The molecule has 2 aromatic rings. The third-order valence-electron chi connectivity index (χ3n) is 3.11. The molecule has 1 heterocycles. The van der Waals surface area contributed by atoms with E-state index < -0.39 is 20.1 Å². The number of quaternary nitrogens is 1. The summed E-state index contributed by atoms with van der Waals surface area (Å²) in [6.45, 7) is 0. The van der Waals surface area contributed by atoms with Crippen LogP contribution in [0.2, 0.25) is 5.02 Å². The number of benzene rings is 1. The predicted octanol–water partition coefficient (Wildman–Crippen LogP) is 2.68. The Balaban J connectivity index is 2.38. The van der Waals surface area contributed by atoms with Crippen LogP contribution >= 0.6 is 22.9 Å². The molecular formula is C13H13ClN2O4S2. The third kappa shape index (κ3) is 3.16. The topological polar surface area (TPSA) is 86.3 Å². The molecule has 22 heavy (non-hydrogen) atoms. The molecule has 0 aliphatic heterocycles. The smallest absolute Gasteiger partial charge is 0.271 e. The van der Waals surface area contributed by atoms with Gasteiger partial charge in [-0.3, -0.25) is 4.79 Å². The Bertz CT molecular complexity index is 815. The quantitative estimate of drug-likeness (QED) is 0.670. The first-order valence-electron chi connectivity index (χ1n) is 6.08. The molecule has 0 radical (unpaired) electrons. The minimum absolute atomic E-state index is 0.115. The van der Waals surface area contributed by atoms with E-state index in [-0.39, 0.29) is 10.6 Å². The van der Waals surface area contributed by atoms with Gasteiger partial charge in [0.2, 0.25) is 0 Å². The summed E-state index contributed by atoms with van der Waals surface area (Å²) >= 11 is 7.02. The molecule has 2 rings (SSSR count). The van der Waals surface area contributed by atoms with Gasteiger partial charge in [0.25, 0.3) is 16.2 Å². The van der Waals surface area contributed by atoms with Gasteiger partial charge in [-0.25, -0.2) is 0 Å². The summed E-state index contributed by atoms with van der Waals surface area (Å²) < 4.78 is 33.3. The van der Waals surface area contributed by atoms with Crippen LogP contribution in [0.4, 0.5) is 11.4 Å². The fourth-order valence-corrected chi connectivity index (χ4v) is 3.30. The summed E-state index contributed by atoms with van der Waals surface area (Å²) in [6.07, 6.45) is 0. The molecule has 6 nitrogen and oxygen atoms in total. The fourth-order valence-electron chi connectivity index (χ4n) is 1.76. The maximum Gasteiger partial charge on any atom is 0.271 e. The van der Waals surface area contributed by atoms with Gasteiger partial charge in [0.15, 0.2) is 10.6 Å². The van der Waals surface area contributed by atoms with Crippen molar-refractivity contribution in [3.8, 4) is 0 Å². The first-order chi connectivity index (χ1) is 10.1. The van der Waals surface area contributed by atoms with E-state index in [4.69, 9.17) is 11.6 Å². The molecule has 1 aromatic heterocycles. The van der Waals surface area contributed by atoms with Crippen molar-refractivity contribution in [3.05, 3.63) is 45.6 Å². The van der Waals surface area contributed by atoms with Crippen LogP contribution in [0.1, 0.15) is 9.67 Å². The molecule has 0 atom stereocenters. The van der Waals surface area contributed by atoms with Crippen LogP contribution in [-0.4, -0.2) is 33.0 Å². The van der Waals surface area contributed by atoms with Crippen molar-refractivity contribution in [2.24, 2.45) is 0 Å². The first kappa shape index (κ1) is 16.9. The van der Waals surface area contributed by atoms with Crippen molar-refractivity contribution in [2.75, 3.05) is 19.4 Å². The van der Waals surface area contributed by atoms with E-state index in [0.717, 1.165) is 11.3 Å². The Morgan fingerprint density at radius 3 is 2.50 bits per heavy atom. The zero-order chi connectivity index (χ0) is 16.5. The minimum atomic E-state index is -4.67. The molecule has 1 aromatic carbocycles. The van der Waals surface area contributed by atoms with Gasteiger partial charge >= 0.3 is 0 Å². The highest BCUT2D eigenvalue weighted by Crippen LogP contribution is 2.32. The molecule has 0 saturated heterocycles. The highest BCUT2D eigenvalue weighted by Gasteiger charge is 2.33. The Morgan fingerprint density at radius 1 is 1.27 bits per heavy atom. The van der Waals surface area contributed by atoms with Gasteiger partial charge in [-0.15, -0.1) is 11.3 Å². The lowest BCUT2D eigenvalue weighted by molar-refractivity contribution is 0.103. The lowest BCUT2D eigenvalue weighted by Gasteiger charge is -2.30. The van der Waals surface area contributed by atoms with E-state index >= 15 is 0 Å². The summed E-state index contributed by atoms with van der Waals surface area (Å²) in [5.74, 6) is -0.520. The lowest BCUT2D eigenvalue weighted by atomic mass is 10.3. The number of halogens is 1.